The lowest BCUT2D eigenvalue weighted by atomic mass is 9.65. The first-order chi connectivity index (χ1) is 25.3. The number of aromatic amines is 3. The average molecular weight is 696 g/mol. The van der Waals surface area contributed by atoms with Gasteiger partial charge in [0.1, 0.15) is 5.69 Å². The number of ether oxygens (including phenoxy) is 1. The van der Waals surface area contributed by atoms with Gasteiger partial charge in [0, 0.05) is 40.1 Å². The molecular formula is C45H53N5O2. The van der Waals surface area contributed by atoms with Gasteiger partial charge in [0.05, 0.1) is 29.4 Å². The number of carbonyl (C=O) groups is 1. The van der Waals surface area contributed by atoms with E-state index in [0.717, 1.165) is 109 Å². The molecule has 0 spiro atoms. The summed E-state index contributed by atoms with van der Waals surface area (Å²) in [5.41, 5.74) is 22.2. The highest BCUT2D eigenvalue weighted by atomic mass is 16.5. The molecule has 0 radical (unpaired) electrons. The standard InChI is InChI=1S/C45H53N5O2/c1-8-13-15-28-24(6)33-19-39-42-30-17-18-31(41-32(30)23-46-44(41)45(51)52-12-5)43(42)40(50-39)20-34-25(7)29(16-14-9-2)38(48-34)22-36-27(11-4)26(10-3)35(49-36)21-37(28)47-33/h19-23,30-31,46,49-50H,8-18H2,1-7H3. The molecule has 0 fully saturated rings. The third kappa shape index (κ3) is 5.41. The normalized spacial score (nSPS) is 17.6. The average Bonchev–Trinajstić information content (AvgIpc) is 3.95. The molecule has 9 rings (SSSR count). The number of rotatable bonds is 10. The highest BCUT2D eigenvalue weighted by molar-refractivity contribution is 5.96. The minimum atomic E-state index is -0.268. The minimum absolute atomic E-state index is 0.0857. The summed E-state index contributed by atoms with van der Waals surface area (Å²) in [7, 11) is 0. The smallest absolute Gasteiger partial charge is 0.355 e. The Morgan fingerprint density at radius 3 is 1.71 bits per heavy atom. The van der Waals surface area contributed by atoms with Crippen LogP contribution in [0.15, 0.2) is 30.5 Å². The summed E-state index contributed by atoms with van der Waals surface area (Å²) in [5.74, 6) is -0.00513. The fraction of sp³-hybridized carbons (Fsp3) is 0.444. The van der Waals surface area contributed by atoms with Crippen LogP contribution in [0, 0.1) is 0 Å². The molecule has 0 amide bonds. The van der Waals surface area contributed by atoms with Gasteiger partial charge in [-0.3, -0.25) is 0 Å². The van der Waals surface area contributed by atoms with Crippen LogP contribution in [-0.2, 0) is 17.6 Å². The van der Waals surface area contributed by atoms with Crippen LogP contribution >= 0.6 is 0 Å². The molecule has 5 aliphatic rings. The Bertz CT molecular complexity index is 2330. The lowest BCUT2D eigenvalue weighted by molar-refractivity contribution is 0.0518. The van der Waals surface area contributed by atoms with Gasteiger partial charge >= 0.3 is 5.97 Å². The molecule has 6 heterocycles. The second-order valence-electron chi connectivity index (χ2n) is 15.1. The van der Waals surface area contributed by atoms with Crippen LogP contribution in [0.3, 0.4) is 0 Å². The van der Waals surface area contributed by atoms with E-state index in [-0.39, 0.29) is 17.8 Å². The molecule has 4 aromatic heterocycles. The number of aromatic nitrogens is 5. The number of H-pyrrole nitrogens is 3. The molecule has 0 saturated heterocycles. The first-order valence-electron chi connectivity index (χ1n) is 19.9. The molecule has 2 unspecified atom stereocenters. The Morgan fingerprint density at radius 2 is 1.19 bits per heavy atom. The summed E-state index contributed by atoms with van der Waals surface area (Å²) in [5, 5.41) is 0. The number of aryl methyl sites for hydroxylation is 2. The van der Waals surface area contributed by atoms with Gasteiger partial charge in [-0.05, 0) is 152 Å². The molecule has 270 valence electrons. The van der Waals surface area contributed by atoms with Crippen LogP contribution in [0.1, 0.15) is 178 Å². The summed E-state index contributed by atoms with van der Waals surface area (Å²) < 4.78 is 5.54. The van der Waals surface area contributed by atoms with Crippen LogP contribution < -0.4 is 0 Å². The molecule has 3 aliphatic carbocycles. The summed E-state index contributed by atoms with van der Waals surface area (Å²) in [6.45, 7) is 15.8. The highest BCUT2D eigenvalue weighted by Crippen LogP contribution is 2.56. The zero-order valence-electron chi connectivity index (χ0n) is 32.0. The highest BCUT2D eigenvalue weighted by Gasteiger charge is 2.43. The molecule has 7 heteroatoms. The van der Waals surface area contributed by atoms with Crippen molar-refractivity contribution in [3.8, 4) is 0 Å². The van der Waals surface area contributed by atoms with Crippen molar-refractivity contribution in [2.24, 2.45) is 0 Å². The lowest BCUT2D eigenvalue weighted by Crippen LogP contribution is -2.24. The molecule has 2 aliphatic heterocycles. The number of carbonyl (C=O) groups excluding carboxylic acids is 1. The van der Waals surface area contributed by atoms with E-state index in [1.54, 1.807) is 0 Å². The van der Waals surface area contributed by atoms with Crippen LogP contribution in [0.25, 0.3) is 44.4 Å². The summed E-state index contributed by atoms with van der Waals surface area (Å²) >= 11 is 0. The number of hydrogen-bond acceptors (Lipinski definition) is 4. The minimum Gasteiger partial charge on any atom is -0.461 e. The molecule has 10 bridgehead atoms. The van der Waals surface area contributed by atoms with Gasteiger partial charge in [-0.1, -0.05) is 40.5 Å². The van der Waals surface area contributed by atoms with E-state index >= 15 is 0 Å². The molecular weight excluding hydrogens is 643 g/mol. The van der Waals surface area contributed by atoms with Crippen molar-refractivity contribution >= 4 is 50.3 Å². The van der Waals surface area contributed by atoms with Crippen molar-refractivity contribution in [3.05, 3.63) is 92.3 Å². The fourth-order valence-corrected chi connectivity index (χ4v) is 9.59. The first-order valence-corrected chi connectivity index (χ1v) is 19.9. The van der Waals surface area contributed by atoms with Crippen molar-refractivity contribution in [2.45, 2.75) is 125 Å². The van der Waals surface area contributed by atoms with Crippen molar-refractivity contribution in [1.29, 1.82) is 0 Å². The number of allylic oxidation sites excluding steroid dienone is 4. The van der Waals surface area contributed by atoms with Crippen LogP contribution in [0.5, 0.6) is 0 Å². The molecule has 0 aromatic carbocycles. The van der Waals surface area contributed by atoms with E-state index in [9.17, 15) is 4.79 Å². The predicted octanol–water partition coefficient (Wildman–Crippen LogP) is 11.6. The Balaban J connectivity index is 1.48. The summed E-state index contributed by atoms with van der Waals surface area (Å²) in [4.78, 5) is 35.2. The topological polar surface area (TPSA) is 99.5 Å². The second-order valence-corrected chi connectivity index (χ2v) is 15.1. The predicted molar refractivity (Wildman–Crippen MR) is 213 cm³/mol. The van der Waals surface area contributed by atoms with E-state index in [1.807, 2.05) is 6.92 Å². The Labute approximate surface area is 307 Å². The number of fused-ring (bicyclic) bond motifs is 9. The lowest BCUT2D eigenvalue weighted by Gasteiger charge is -2.37. The summed E-state index contributed by atoms with van der Waals surface area (Å²) in [6, 6.07) is 9.22. The monoisotopic (exact) mass is 695 g/mol. The van der Waals surface area contributed by atoms with E-state index < -0.39 is 0 Å². The third-order valence-electron chi connectivity index (χ3n) is 12.2. The van der Waals surface area contributed by atoms with Crippen molar-refractivity contribution in [1.82, 2.24) is 24.9 Å². The Kier molecular flexibility index (Phi) is 9.09. The number of unbranched alkanes of at least 4 members (excludes halogenated alkanes) is 2. The van der Waals surface area contributed by atoms with Gasteiger partial charge in [-0.25, -0.2) is 14.8 Å². The summed E-state index contributed by atoms with van der Waals surface area (Å²) in [6.07, 6.45) is 12.5. The number of hydrogen-bond donors (Lipinski definition) is 3. The maximum atomic E-state index is 13.2. The quantitative estimate of drug-likeness (QED) is 0.144. The zero-order valence-corrected chi connectivity index (χ0v) is 32.0. The zero-order chi connectivity index (χ0) is 36.3. The molecule has 7 nitrogen and oxygen atoms in total. The Morgan fingerprint density at radius 1 is 0.692 bits per heavy atom. The largest absolute Gasteiger partial charge is 0.461 e. The van der Waals surface area contributed by atoms with Gasteiger partial charge in [0.15, 0.2) is 0 Å². The maximum absolute atomic E-state index is 13.2. The molecule has 3 N–H and O–H groups in total. The molecule has 2 atom stereocenters. The number of nitrogens with one attached hydrogen (secondary N) is 3. The molecule has 0 saturated carbocycles. The van der Waals surface area contributed by atoms with Gasteiger partial charge in [-0.15, -0.1) is 0 Å². The third-order valence-corrected chi connectivity index (χ3v) is 12.2. The van der Waals surface area contributed by atoms with E-state index in [2.05, 4.69) is 87.0 Å². The first kappa shape index (κ1) is 34.4. The van der Waals surface area contributed by atoms with E-state index in [1.165, 1.54) is 55.6 Å². The number of nitrogens with zero attached hydrogens (tertiary/aromatic N) is 2. The maximum Gasteiger partial charge on any atom is 0.355 e. The second kappa shape index (κ2) is 13.7. The van der Waals surface area contributed by atoms with Crippen LogP contribution in [0.4, 0.5) is 0 Å². The SMILES string of the molecule is CCCCC1=C(C)c2cc3[nH]c(cc4nc(cc5[nH]c(cc1n2)c(CC)c5CC)C(CCCC)=C4C)c1c3C2CCC1c1c2c[nH]c1C(=O)OCC. The number of esters is 1. The van der Waals surface area contributed by atoms with E-state index in [4.69, 9.17) is 14.7 Å². The van der Waals surface area contributed by atoms with Gasteiger partial charge in [-0.2, -0.15) is 0 Å². The van der Waals surface area contributed by atoms with Crippen LogP contribution in [0.2, 0.25) is 0 Å². The van der Waals surface area contributed by atoms with Crippen molar-refractivity contribution < 1.29 is 9.53 Å². The van der Waals surface area contributed by atoms with Crippen molar-refractivity contribution in [2.75, 3.05) is 6.61 Å². The van der Waals surface area contributed by atoms with Crippen LogP contribution in [-0.4, -0.2) is 37.5 Å². The molecule has 52 heavy (non-hydrogen) atoms. The van der Waals surface area contributed by atoms with Gasteiger partial charge in [0.25, 0.3) is 0 Å². The molecule has 4 aromatic rings. The van der Waals surface area contributed by atoms with Crippen molar-refractivity contribution in [3.63, 3.8) is 0 Å². The van der Waals surface area contributed by atoms with E-state index in [0.29, 0.717) is 12.3 Å². The van der Waals surface area contributed by atoms with Gasteiger partial charge in [0.2, 0.25) is 0 Å². The Hall–Kier alpha value is -4.65. The van der Waals surface area contributed by atoms with Gasteiger partial charge < -0.3 is 19.7 Å². The fourth-order valence-electron chi connectivity index (χ4n) is 9.59.